The minimum Gasteiger partial charge on any atom is -0.378 e. The van der Waals surface area contributed by atoms with Crippen molar-refractivity contribution in [2.45, 2.75) is 0 Å². The molecule has 7 heteroatoms. The average Bonchev–Trinajstić information content (AvgIpc) is 2.69. The quantitative estimate of drug-likeness (QED) is 0.778. The zero-order valence-electron chi connectivity index (χ0n) is 8.59. The lowest BCUT2D eigenvalue weighted by Crippen LogP contribution is -2.37. The van der Waals surface area contributed by atoms with Crippen LogP contribution >= 0.6 is 11.3 Å². The Bertz CT molecular complexity index is 508. The SMILES string of the molecule is Nc1nc2cnc(N3CCOCC3)nc2s1. The van der Waals surface area contributed by atoms with Gasteiger partial charge in [0.15, 0.2) is 9.96 Å². The minimum absolute atomic E-state index is 0.531. The third kappa shape index (κ3) is 1.68. The Balaban J connectivity index is 1.97. The summed E-state index contributed by atoms with van der Waals surface area (Å²) < 4.78 is 5.29. The first-order valence-electron chi connectivity index (χ1n) is 5.05. The van der Waals surface area contributed by atoms with Crippen LogP contribution in [0, 0.1) is 0 Å². The molecule has 84 valence electrons. The van der Waals surface area contributed by atoms with Crippen LogP contribution in [0.2, 0.25) is 0 Å². The summed E-state index contributed by atoms with van der Waals surface area (Å²) in [4.78, 5) is 15.8. The molecule has 0 saturated carbocycles. The average molecular weight is 237 g/mol. The number of hydrogen-bond acceptors (Lipinski definition) is 7. The summed E-state index contributed by atoms with van der Waals surface area (Å²) in [7, 11) is 0. The van der Waals surface area contributed by atoms with Crippen molar-refractivity contribution in [2.24, 2.45) is 0 Å². The topological polar surface area (TPSA) is 77.2 Å². The number of hydrogen-bond donors (Lipinski definition) is 1. The third-order valence-corrected chi connectivity index (χ3v) is 3.24. The van der Waals surface area contributed by atoms with Crippen LogP contribution in [0.4, 0.5) is 11.1 Å². The van der Waals surface area contributed by atoms with Crippen LogP contribution in [0.15, 0.2) is 6.20 Å². The molecule has 3 rings (SSSR count). The first-order chi connectivity index (χ1) is 7.83. The molecule has 0 amide bonds. The van der Waals surface area contributed by atoms with Gasteiger partial charge in [0.2, 0.25) is 5.95 Å². The number of anilines is 2. The van der Waals surface area contributed by atoms with Gasteiger partial charge in [0.25, 0.3) is 0 Å². The van der Waals surface area contributed by atoms with Crippen molar-refractivity contribution in [1.82, 2.24) is 15.0 Å². The van der Waals surface area contributed by atoms with E-state index in [1.54, 1.807) is 6.20 Å². The first-order valence-corrected chi connectivity index (χ1v) is 5.86. The molecule has 2 aromatic rings. The molecule has 0 aromatic carbocycles. The van der Waals surface area contributed by atoms with Crippen molar-refractivity contribution in [3.63, 3.8) is 0 Å². The van der Waals surface area contributed by atoms with E-state index in [0.29, 0.717) is 5.13 Å². The Morgan fingerprint density at radius 1 is 1.31 bits per heavy atom. The van der Waals surface area contributed by atoms with Crippen molar-refractivity contribution in [1.29, 1.82) is 0 Å². The molecule has 0 aliphatic carbocycles. The zero-order chi connectivity index (χ0) is 11.0. The Labute approximate surface area is 96.1 Å². The van der Waals surface area contributed by atoms with Gasteiger partial charge in [0, 0.05) is 13.1 Å². The lowest BCUT2D eigenvalue weighted by molar-refractivity contribution is 0.122. The van der Waals surface area contributed by atoms with Gasteiger partial charge in [0.05, 0.1) is 19.4 Å². The van der Waals surface area contributed by atoms with Crippen LogP contribution in [-0.2, 0) is 4.74 Å². The first kappa shape index (κ1) is 9.73. The van der Waals surface area contributed by atoms with Gasteiger partial charge in [-0.05, 0) is 0 Å². The Morgan fingerprint density at radius 2 is 2.12 bits per heavy atom. The summed E-state index contributed by atoms with van der Waals surface area (Å²) in [5.74, 6) is 0.736. The van der Waals surface area contributed by atoms with Gasteiger partial charge in [-0.2, -0.15) is 4.98 Å². The summed E-state index contributed by atoms with van der Waals surface area (Å²) in [6.45, 7) is 3.12. The fraction of sp³-hybridized carbons (Fsp3) is 0.444. The van der Waals surface area contributed by atoms with E-state index in [1.165, 1.54) is 11.3 Å². The smallest absolute Gasteiger partial charge is 0.226 e. The second-order valence-electron chi connectivity index (χ2n) is 3.51. The molecule has 1 saturated heterocycles. The van der Waals surface area contributed by atoms with Gasteiger partial charge in [-0.15, -0.1) is 0 Å². The number of thiazole rings is 1. The maximum atomic E-state index is 5.63. The second kappa shape index (κ2) is 3.84. The van der Waals surface area contributed by atoms with Crippen molar-refractivity contribution in [3.05, 3.63) is 6.20 Å². The van der Waals surface area contributed by atoms with E-state index in [4.69, 9.17) is 10.5 Å². The maximum absolute atomic E-state index is 5.63. The highest BCUT2D eigenvalue weighted by Gasteiger charge is 2.14. The number of fused-ring (bicyclic) bond motifs is 1. The molecule has 3 heterocycles. The molecule has 2 N–H and O–H groups in total. The molecule has 0 radical (unpaired) electrons. The maximum Gasteiger partial charge on any atom is 0.226 e. The van der Waals surface area contributed by atoms with Crippen LogP contribution in [0.1, 0.15) is 0 Å². The minimum atomic E-state index is 0.531. The van der Waals surface area contributed by atoms with E-state index in [0.717, 1.165) is 42.6 Å². The predicted octanol–water partition coefficient (Wildman–Crippen LogP) is 0.505. The highest BCUT2D eigenvalue weighted by molar-refractivity contribution is 7.21. The van der Waals surface area contributed by atoms with Gasteiger partial charge >= 0.3 is 0 Å². The fourth-order valence-electron chi connectivity index (χ4n) is 1.66. The highest BCUT2D eigenvalue weighted by Crippen LogP contribution is 2.23. The van der Waals surface area contributed by atoms with Crippen molar-refractivity contribution in [2.75, 3.05) is 36.9 Å². The third-order valence-electron chi connectivity index (χ3n) is 2.45. The van der Waals surface area contributed by atoms with Crippen molar-refractivity contribution in [3.8, 4) is 0 Å². The summed E-state index contributed by atoms with van der Waals surface area (Å²) >= 11 is 1.39. The molecule has 0 atom stereocenters. The highest BCUT2D eigenvalue weighted by atomic mass is 32.1. The number of ether oxygens (including phenoxy) is 1. The van der Waals surface area contributed by atoms with Crippen LogP contribution in [0.3, 0.4) is 0 Å². The molecule has 6 nitrogen and oxygen atoms in total. The molecule has 2 aromatic heterocycles. The van der Waals surface area contributed by atoms with E-state index < -0.39 is 0 Å². The monoisotopic (exact) mass is 237 g/mol. The van der Waals surface area contributed by atoms with E-state index in [9.17, 15) is 0 Å². The molecular formula is C9H11N5OS. The van der Waals surface area contributed by atoms with Crippen LogP contribution in [0.5, 0.6) is 0 Å². The van der Waals surface area contributed by atoms with Crippen LogP contribution in [-0.4, -0.2) is 41.3 Å². The van der Waals surface area contributed by atoms with Gasteiger partial charge in [0.1, 0.15) is 5.52 Å². The molecule has 1 fully saturated rings. The number of rotatable bonds is 1. The molecule has 1 aliphatic heterocycles. The van der Waals surface area contributed by atoms with E-state index in [1.807, 2.05) is 0 Å². The summed E-state index contributed by atoms with van der Waals surface area (Å²) in [5, 5.41) is 0.531. The Morgan fingerprint density at radius 3 is 2.94 bits per heavy atom. The molecule has 0 bridgehead atoms. The zero-order valence-corrected chi connectivity index (χ0v) is 9.40. The normalized spacial score (nSPS) is 16.9. The van der Waals surface area contributed by atoms with Gasteiger partial charge in [-0.1, -0.05) is 11.3 Å². The van der Waals surface area contributed by atoms with E-state index in [2.05, 4.69) is 19.9 Å². The fourth-order valence-corrected chi connectivity index (χ4v) is 2.33. The van der Waals surface area contributed by atoms with Gasteiger partial charge in [-0.25, -0.2) is 9.97 Å². The molecule has 0 unspecified atom stereocenters. The van der Waals surface area contributed by atoms with E-state index in [-0.39, 0.29) is 0 Å². The molecule has 0 spiro atoms. The number of nitrogens with two attached hydrogens (primary N) is 1. The van der Waals surface area contributed by atoms with E-state index >= 15 is 0 Å². The van der Waals surface area contributed by atoms with Crippen LogP contribution < -0.4 is 10.6 Å². The van der Waals surface area contributed by atoms with Gasteiger partial charge in [-0.3, -0.25) is 0 Å². The Hall–Kier alpha value is -1.47. The number of nitrogens with zero attached hydrogens (tertiary/aromatic N) is 4. The predicted molar refractivity (Wildman–Crippen MR) is 62.7 cm³/mol. The molecule has 1 aliphatic rings. The second-order valence-corrected chi connectivity index (χ2v) is 4.52. The summed E-state index contributed by atoms with van der Waals surface area (Å²) in [6, 6.07) is 0. The van der Waals surface area contributed by atoms with Crippen molar-refractivity contribution >= 4 is 32.8 Å². The molecular weight excluding hydrogens is 226 g/mol. The van der Waals surface area contributed by atoms with Crippen LogP contribution in [0.25, 0.3) is 10.3 Å². The standard InChI is InChI=1S/C9H11N5OS/c10-8-12-6-5-11-9(13-7(6)16-8)14-1-3-15-4-2-14/h5H,1-4H2,(H2,10,12). The Kier molecular flexibility index (Phi) is 2.33. The number of morpholine rings is 1. The number of aromatic nitrogens is 3. The number of nitrogen functional groups attached to an aromatic ring is 1. The molecule has 16 heavy (non-hydrogen) atoms. The largest absolute Gasteiger partial charge is 0.378 e. The van der Waals surface area contributed by atoms with Crippen molar-refractivity contribution < 1.29 is 4.74 Å². The summed E-state index contributed by atoms with van der Waals surface area (Å²) in [5.41, 5.74) is 6.39. The lowest BCUT2D eigenvalue weighted by atomic mass is 10.4. The summed E-state index contributed by atoms with van der Waals surface area (Å²) in [6.07, 6.45) is 1.72. The van der Waals surface area contributed by atoms with Gasteiger partial charge < -0.3 is 15.4 Å². The lowest BCUT2D eigenvalue weighted by Gasteiger charge is -2.26.